The molecule has 0 nitrogen and oxygen atoms in total. The third kappa shape index (κ3) is 5.90. The second kappa shape index (κ2) is 7.59. The van der Waals surface area contributed by atoms with E-state index >= 15 is 0 Å². The molecule has 1 aliphatic rings. The van der Waals surface area contributed by atoms with Gasteiger partial charge in [0.05, 0.1) is 0 Å². The van der Waals surface area contributed by atoms with Gasteiger partial charge in [0.1, 0.15) is 0 Å². The van der Waals surface area contributed by atoms with Gasteiger partial charge in [-0.2, -0.15) is 0 Å². The van der Waals surface area contributed by atoms with Crippen LogP contribution in [-0.4, -0.2) is 43.1 Å². The second-order valence-corrected chi connectivity index (χ2v) is 5.66. The van der Waals surface area contributed by atoms with Gasteiger partial charge in [0.2, 0.25) is 0 Å². The van der Waals surface area contributed by atoms with Gasteiger partial charge in [0.15, 0.2) is 0 Å². The smallest absolute Gasteiger partial charge is 0 e. The zero-order valence-electron chi connectivity index (χ0n) is 5.95. The molecule has 0 unspecified atom stereocenters. The van der Waals surface area contributed by atoms with E-state index in [4.69, 9.17) is 0 Å². The summed E-state index contributed by atoms with van der Waals surface area (Å²) in [5.41, 5.74) is 0. The van der Waals surface area contributed by atoms with Crippen molar-refractivity contribution >= 4 is 43.1 Å². The Hall–Kier alpha value is 1.48. The fourth-order valence-electron chi connectivity index (χ4n) is 1.16. The van der Waals surface area contributed by atoms with E-state index in [2.05, 4.69) is 0 Å². The molecule has 0 amide bonds. The van der Waals surface area contributed by atoms with Gasteiger partial charge in [-0.05, 0) is 0 Å². The van der Waals surface area contributed by atoms with Crippen molar-refractivity contribution in [3.63, 3.8) is 0 Å². The molecule has 1 aliphatic heterocycles. The van der Waals surface area contributed by atoms with Crippen LogP contribution in [0.25, 0.3) is 0 Å². The molecule has 1 rings (SSSR count). The Morgan fingerprint density at radius 2 is 1.11 bits per heavy atom. The van der Waals surface area contributed by atoms with Gasteiger partial charge in [-0.3, -0.25) is 0 Å². The van der Waals surface area contributed by atoms with Gasteiger partial charge in [-0.25, -0.2) is 0 Å². The van der Waals surface area contributed by atoms with Crippen LogP contribution >= 0.6 is 0 Å². The van der Waals surface area contributed by atoms with Crippen molar-refractivity contribution in [2.45, 2.75) is 42.5 Å². The van der Waals surface area contributed by atoms with E-state index in [1.54, 1.807) is 23.3 Å². The largest absolute Gasteiger partial charge is 0 e. The van der Waals surface area contributed by atoms with Crippen molar-refractivity contribution in [3.05, 3.63) is 0 Å². The first-order valence-corrected chi connectivity index (χ1v) is 6.67. The van der Waals surface area contributed by atoms with Gasteiger partial charge >= 0.3 is 58.3 Å². The normalized spacial score (nSPS) is 21.3. The average Bonchev–Trinajstić information content (AvgIpc) is 1.62. The summed E-state index contributed by atoms with van der Waals surface area (Å²) < 4.78 is 0. The summed E-state index contributed by atoms with van der Waals surface area (Å²) in [5, 5.41) is 3.25. The SMILES string of the molecule is C1CCC[AsH]CCC1.[Pb]. The Morgan fingerprint density at radius 1 is 0.667 bits per heavy atom. The van der Waals surface area contributed by atoms with E-state index in [1.807, 2.05) is 0 Å². The van der Waals surface area contributed by atoms with Crippen LogP contribution in [0.3, 0.4) is 0 Å². The van der Waals surface area contributed by atoms with Crippen LogP contribution in [0.2, 0.25) is 10.4 Å². The fourth-order valence-corrected chi connectivity index (χ4v) is 3.78. The zero-order valence-corrected chi connectivity index (χ0v) is 11.9. The molecule has 1 heterocycles. The Bertz CT molecular complexity index is 32.9. The van der Waals surface area contributed by atoms with Crippen LogP contribution in [0.15, 0.2) is 0 Å². The van der Waals surface area contributed by atoms with Crippen LogP contribution in [0.1, 0.15) is 32.1 Å². The molecule has 2 heteroatoms. The van der Waals surface area contributed by atoms with Crippen LogP contribution < -0.4 is 0 Å². The molecule has 0 saturated carbocycles. The first kappa shape index (κ1) is 10.5. The molecule has 4 radical (unpaired) electrons. The molecule has 1 saturated heterocycles. The molecule has 0 bridgehead atoms. The molecule has 0 aromatic rings. The monoisotopic (exact) mass is 382 g/mol. The third-order valence-electron chi connectivity index (χ3n) is 1.71. The van der Waals surface area contributed by atoms with E-state index in [0.29, 0.717) is 15.8 Å². The maximum atomic E-state index is 1.62. The Kier molecular flexibility index (Phi) is 8.83. The maximum absolute atomic E-state index is 1.62. The number of hydrogen-bond acceptors (Lipinski definition) is 0. The van der Waals surface area contributed by atoms with Crippen molar-refractivity contribution in [1.29, 1.82) is 0 Å². The summed E-state index contributed by atoms with van der Waals surface area (Å²) in [6, 6.07) is 0. The van der Waals surface area contributed by atoms with Crippen LogP contribution in [-0.2, 0) is 0 Å². The molecular formula is C7H15AsPb. The van der Waals surface area contributed by atoms with Crippen molar-refractivity contribution < 1.29 is 0 Å². The van der Waals surface area contributed by atoms with Crippen molar-refractivity contribution in [1.82, 2.24) is 0 Å². The predicted molar refractivity (Wildman–Crippen MR) is 45.6 cm³/mol. The zero-order chi connectivity index (χ0) is 5.66. The molecule has 0 aliphatic carbocycles. The van der Waals surface area contributed by atoms with E-state index in [-0.39, 0.29) is 27.3 Å². The van der Waals surface area contributed by atoms with Gasteiger partial charge in [-0.15, -0.1) is 0 Å². The third-order valence-corrected chi connectivity index (χ3v) is 4.67. The number of rotatable bonds is 0. The van der Waals surface area contributed by atoms with Gasteiger partial charge < -0.3 is 0 Å². The fraction of sp³-hybridized carbons (Fsp3) is 1.00. The molecule has 0 N–H and O–H groups in total. The first-order chi connectivity index (χ1) is 4.00. The standard InChI is InChI=1S/C7H15As.Pb/c1-2-4-6-8-7-5-3-1;/h8H,1-7H2;. The van der Waals surface area contributed by atoms with Crippen LogP contribution in [0, 0.1) is 0 Å². The molecule has 0 atom stereocenters. The minimum absolute atomic E-state index is 0. The molecule has 0 aromatic heterocycles. The van der Waals surface area contributed by atoms with Crippen LogP contribution in [0.4, 0.5) is 0 Å². The predicted octanol–water partition coefficient (Wildman–Crippen LogP) is 1.84. The van der Waals surface area contributed by atoms with Gasteiger partial charge in [0.25, 0.3) is 0 Å². The maximum Gasteiger partial charge on any atom is 0 e. The van der Waals surface area contributed by atoms with Crippen LogP contribution in [0.5, 0.6) is 0 Å². The van der Waals surface area contributed by atoms with E-state index in [9.17, 15) is 0 Å². The summed E-state index contributed by atoms with van der Waals surface area (Å²) in [6.45, 7) is 0. The summed E-state index contributed by atoms with van der Waals surface area (Å²) in [7, 11) is 0. The topological polar surface area (TPSA) is 0 Å². The molecule has 0 aromatic carbocycles. The summed E-state index contributed by atoms with van der Waals surface area (Å²) in [6.07, 6.45) is 7.69. The second-order valence-electron chi connectivity index (χ2n) is 2.52. The summed E-state index contributed by atoms with van der Waals surface area (Å²) in [4.78, 5) is 0. The van der Waals surface area contributed by atoms with Gasteiger partial charge in [-0.1, -0.05) is 0 Å². The minimum atomic E-state index is 0. The quantitative estimate of drug-likeness (QED) is 0.562. The first-order valence-electron chi connectivity index (χ1n) is 3.71. The average molecular weight is 381 g/mol. The molecule has 52 valence electrons. The molecule has 1 fully saturated rings. The van der Waals surface area contributed by atoms with Crippen molar-refractivity contribution in [3.8, 4) is 0 Å². The summed E-state index contributed by atoms with van der Waals surface area (Å²) >= 11 is 0.556. The Labute approximate surface area is 85.0 Å². The van der Waals surface area contributed by atoms with Crippen molar-refractivity contribution in [2.24, 2.45) is 0 Å². The van der Waals surface area contributed by atoms with E-state index in [1.165, 1.54) is 19.3 Å². The molecule has 0 spiro atoms. The number of hydrogen-bond donors (Lipinski definition) is 0. The van der Waals surface area contributed by atoms with Crippen molar-refractivity contribution in [2.75, 3.05) is 0 Å². The van der Waals surface area contributed by atoms with E-state index in [0.717, 1.165) is 0 Å². The molecule has 9 heavy (non-hydrogen) atoms. The Morgan fingerprint density at radius 3 is 1.67 bits per heavy atom. The summed E-state index contributed by atoms with van der Waals surface area (Å²) in [5.74, 6) is 0. The molecular weight excluding hydrogens is 366 g/mol. The Balaban J connectivity index is 0.000000640. The van der Waals surface area contributed by atoms with E-state index < -0.39 is 0 Å². The van der Waals surface area contributed by atoms with Gasteiger partial charge in [0, 0.05) is 27.3 Å². The minimum Gasteiger partial charge on any atom is 0 e.